The first-order valence-electron chi connectivity index (χ1n) is 16.9. The molecule has 5 aliphatic carbocycles. The number of aliphatic hydroxyl groups is 2. The molecule has 1 saturated heterocycles. The SMILES string of the molecule is CC(=O)OC(C1CCC2C(O1)C(O)C1(C)C3CCC4C(C)(C)C(OC(C=O)OCC=O)CCC45CC35CCC21C)C(C)(C)O. The number of esters is 1. The van der Waals surface area contributed by atoms with Crippen LogP contribution in [0.2, 0.25) is 0 Å². The average molecular weight is 619 g/mol. The molecule has 13 unspecified atom stereocenters. The third kappa shape index (κ3) is 4.31. The molecule has 1 heterocycles. The Balaban J connectivity index is 1.25. The van der Waals surface area contributed by atoms with E-state index < -0.39 is 36.2 Å². The number of carbonyl (C=O) groups excluding carboxylic acids is 3. The van der Waals surface area contributed by atoms with Gasteiger partial charge in [0.2, 0.25) is 6.29 Å². The predicted molar refractivity (Wildman–Crippen MR) is 160 cm³/mol. The van der Waals surface area contributed by atoms with Crippen molar-refractivity contribution in [3.63, 3.8) is 0 Å². The monoisotopic (exact) mass is 618 g/mol. The van der Waals surface area contributed by atoms with Gasteiger partial charge in [-0.2, -0.15) is 0 Å². The van der Waals surface area contributed by atoms with Crippen molar-refractivity contribution in [1.82, 2.24) is 0 Å². The first-order valence-corrected chi connectivity index (χ1v) is 16.9. The summed E-state index contributed by atoms with van der Waals surface area (Å²) < 4.78 is 23.9. The maximum Gasteiger partial charge on any atom is 0.303 e. The molecule has 6 fully saturated rings. The lowest BCUT2D eigenvalue weighted by molar-refractivity contribution is -0.224. The van der Waals surface area contributed by atoms with Crippen LogP contribution in [0.15, 0.2) is 0 Å². The molecule has 1 aliphatic heterocycles. The van der Waals surface area contributed by atoms with Gasteiger partial charge in [-0.1, -0.05) is 27.7 Å². The highest BCUT2D eigenvalue weighted by atomic mass is 16.7. The number of aldehydes is 2. The molecule has 5 saturated carbocycles. The number of aliphatic hydroxyl groups excluding tert-OH is 1. The van der Waals surface area contributed by atoms with Crippen molar-refractivity contribution >= 4 is 18.5 Å². The first kappa shape index (κ1) is 32.5. The van der Waals surface area contributed by atoms with Crippen LogP contribution in [-0.2, 0) is 33.3 Å². The molecule has 9 heteroatoms. The zero-order chi connectivity index (χ0) is 32.1. The number of fused-ring (bicyclic) bond motifs is 4. The number of hydrogen-bond donors (Lipinski definition) is 2. The second-order valence-corrected chi connectivity index (χ2v) is 16.8. The van der Waals surface area contributed by atoms with E-state index in [0.29, 0.717) is 30.8 Å². The minimum Gasteiger partial charge on any atom is -0.457 e. The first-order chi connectivity index (χ1) is 20.5. The molecule has 44 heavy (non-hydrogen) atoms. The topological polar surface area (TPSA) is 129 Å². The van der Waals surface area contributed by atoms with Crippen LogP contribution in [0.5, 0.6) is 0 Å². The van der Waals surface area contributed by atoms with E-state index in [1.54, 1.807) is 13.8 Å². The Bertz CT molecular complexity index is 1160. The third-order valence-corrected chi connectivity index (χ3v) is 14.5. The largest absolute Gasteiger partial charge is 0.457 e. The lowest BCUT2D eigenvalue weighted by Crippen LogP contribution is -2.60. The van der Waals surface area contributed by atoms with Crippen molar-refractivity contribution < 1.29 is 43.5 Å². The highest BCUT2D eigenvalue weighted by Crippen LogP contribution is 2.89. The summed E-state index contributed by atoms with van der Waals surface area (Å²) in [7, 11) is 0. The van der Waals surface area contributed by atoms with Gasteiger partial charge in [-0.15, -0.1) is 0 Å². The second kappa shape index (κ2) is 10.6. The second-order valence-electron chi connectivity index (χ2n) is 16.8. The van der Waals surface area contributed by atoms with Gasteiger partial charge in [0, 0.05) is 12.3 Å². The Kier molecular flexibility index (Phi) is 7.81. The van der Waals surface area contributed by atoms with Crippen LogP contribution in [0.3, 0.4) is 0 Å². The van der Waals surface area contributed by atoms with Gasteiger partial charge in [0.05, 0.1) is 30.0 Å². The van der Waals surface area contributed by atoms with Crippen molar-refractivity contribution in [2.24, 2.45) is 44.8 Å². The predicted octanol–water partition coefficient (Wildman–Crippen LogP) is 4.38. The fourth-order valence-corrected chi connectivity index (χ4v) is 12.5. The van der Waals surface area contributed by atoms with Gasteiger partial charge in [0.1, 0.15) is 12.9 Å². The van der Waals surface area contributed by atoms with Crippen molar-refractivity contribution in [3.8, 4) is 0 Å². The van der Waals surface area contributed by atoms with Crippen molar-refractivity contribution in [2.45, 2.75) is 149 Å². The van der Waals surface area contributed by atoms with Gasteiger partial charge in [-0.05, 0) is 111 Å². The molecular weight excluding hydrogens is 564 g/mol. The molecule has 0 bridgehead atoms. The maximum atomic E-state index is 12.3. The van der Waals surface area contributed by atoms with E-state index in [-0.39, 0.29) is 51.8 Å². The Morgan fingerprint density at radius 1 is 1.00 bits per heavy atom. The molecule has 248 valence electrons. The average Bonchev–Trinajstić information content (AvgIpc) is 3.59. The molecule has 0 aromatic carbocycles. The van der Waals surface area contributed by atoms with Crippen LogP contribution < -0.4 is 0 Å². The van der Waals surface area contributed by atoms with Gasteiger partial charge in [-0.3, -0.25) is 9.59 Å². The summed E-state index contributed by atoms with van der Waals surface area (Å²) in [5.74, 6) is 0.570. The van der Waals surface area contributed by atoms with E-state index in [4.69, 9.17) is 18.9 Å². The zero-order valence-corrected chi connectivity index (χ0v) is 27.7. The zero-order valence-electron chi connectivity index (χ0n) is 27.7. The van der Waals surface area contributed by atoms with Crippen molar-refractivity contribution in [2.75, 3.05) is 6.61 Å². The van der Waals surface area contributed by atoms with E-state index in [1.165, 1.54) is 13.3 Å². The molecule has 0 radical (unpaired) electrons. The normalized spacial score (nSPS) is 48.3. The standard InChI is InChI=1S/C35H54O9/c1-20(38)42-29(31(4,5)40)22-9-8-21-27(43-22)28(39)33(7)24-11-10-23-30(2,3)25(44-26(18-37)41-17-16-36)12-13-34(23)19-35(24,34)15-14-32(21,33)6/h16,18,21-29,39-40H,8-15,17,19H2,1-7H3. The summed E-state index contributed by atoms with van der Waals surface area (Å²) in [6.07, 6.45) is 6.72. The fraction of sp³-hybridized carbons (Fsp3) is 0.914. The lowest BCUT2D eigenvalue weighted by Gasteiger charge is -2.63. The van der Waals surface area contributed by atoms with Crippen LogP contribution in [0.1, 0.15) is 106 Å². The molecule has 6 aliphatic rings. The summed E-state index contributed by atoms with van der Waals surface area (Å²) >= 11 is 0. The Labute approximate surface area is 262 Å². The van der Waals surface area contributed by atoms with Crippen LogP contribution in [0.4, 0.5) is 0 Å². The number of rotatable bonds is 9. The van der Waals surface area contributed by atoms with Gasteiger partial charge in [-0.25, -0.2) is 0 Å². The number of carbonyl (C=O) groups is 3. The molecule has 13 atom stereocenters. The van der Waals surface area contributed by atoms with E-state index in [9.17, 15) is 24.6 Å². The number of ether oxygens (including phenoxy) is 4. The van der Waals surface area contributed by atoms with Crippen LogP contribution in [0.25, 0.3) is 0 Å². The maximum absolute atomic E-state index is 12.3. The summed E-state index contributed by atoms with van der Waals surface area (Å²) in [6, 6.07) is 0. The lowest BCUT2D eigenvalue weighted by atomic mass is 9.41. The molecule has 9 nitrogen and oxygen atoms in total. The smallest absolute Gasteiger partial charge is 0.303 e. The fourth-order valence-electron chi connectivity index (χ4n) is 12.5. The molecular formula is C35H54O9. The quantitative estimate of drug-likeness (QED) is 0.220. The minimum absolute atomic E-state index is 0.0802. The highest BCUT2D eigenvalue weighted by molar-refractivity contribution is 5.66. The van der Waals surface area contributed by atoms with E-state index in [1.807, 2.05) is 0 Å². The molecule has 6 rings (SSSR count). The summed E-state index contributed by atoms with van der Waals surface area (Å²) in [5.41, 5.74) is -1.46. The summed E-state index contributed by atoms with van der Waals surface area (Å²) in [6.45, 7) is 13.8. The summed E-state index contributed by atoms with van der Waals surface area (Å²) in [5, 5.41) is 23.2. The van der Waals surface area contributed by atoms with E-state index in [2.05, 4.69) is 27.7 Å². The minimum atomic E-state index is -1.27. The van der Waals surface area contributed by atoms with Crippen molar-refractivity contribution in [1.29, 1.82) is 0 Å². The van der Waals surface area contributed by atoms with E-state index >= 15 is 0 Å². The van der Waals surface area contributed by atoms with Gasteiger partial charge < -0.3 is 34.0 Å². The van der Waals surface area contributed by atoms with Crippen LogP contribution in [-0.4, -0.2) is 77.8 Å². The Hall–Kier alpha value is -1.39. The van der Waals surface area contributed by atoms with Crippen LogP contribution >= 0.6 is 0 Å². The Morgan fingerprint density at radius 3 is 2.32 bits per heavy atom. The van der Waals surface area contributed by atoms with Crippen molar-refractivity contribution in [3.05, 3.63) is 0 Å². The molecule has 2 spiro atoms. The van der Waals surface area contributed by atoms with Crippen LogP contribution in [0, 0.1) is 44.8 Å². The highest BCUT2D eigenvalue weighted by Gasteiger charge is 2.84. The molecule has 0 amide bonds. The number of hydrogen-bond acceptors (Lipinski definition) is 9. The van der Waals surface area contributed by atoms with Gasteiger partial charge >= 0.3 is 5.97 Å². The third-order valence-electron chi connectivity index (χ3n) is 14.5. The molecule has 0 aromatic heterocycles. The van der Waals surface area contributed by atoms with Gasteiger partial charge in [0.15, 0.2) is 12.4 Å². The molecule has 2 N–H and O–H groups in total. The van der Waals surface area contributed by atoms with E-state index in [0.717, 1.165) is 44.9 Å². The molecule has 0 aromatic rings. The summed E-state index contributed by atoms with van der Waals surface area (Å²) in [4.78, 5) is 34.4. The Morgan fingerprint density at radius 2 is 1.68 bits per heavy atom. The van der Waals surface area contributed by atoms with Gasteiger partial charge in [0.25, 0.3) is 0 Å².